The lowest BCUT2D eigenvalue weighted by atomic mass is 10.2. The molecule has 0 unspecified atom stereocenters. The Kier molecular flexibility index (Phi) is 3.97. The van der Waals surface area contributed by atoms with Crippen LogP contribution in [0, 0.1) is 0 Å². The van der Waals surface area contributed by atoms with E-state index in [4.69, 9.17) is 4.74 Å². The fraction of sp³-hybridized carbons (Fsp3) is 0.143. The van der Waals surface area contributed by atoms with Crippen molar-refractivity contribution in [3.05, 3.63) is 64.1 Å². The Labute approximate surface area is 110 Å². The van der Waals surface area contributed by atoms with Gasteiger partial charge in [0, 0.05) is 12.6 Å². The highest BCUT2D eigenvalue weighted by molar-refractivity contribution is 5.92. The maximum absolute atomic E-state index is 11.8. The Morgan fingerprint density at radius 1 is 1.21 bits per heavy atom. The van der Waals surface area contributed by atoms with Gasteiger partial charge in [-0.2, -0.15) is 0 Å². The number of pyridine rings is 1. The van der Waals surface area contributed by atoms with Crippen LogP contribution in [0.3, 0.4) is 0 Å². The summed E-state index contributed by atoms with van der Waals surface area (Å²) in [6.07, 6.45) is 0. The number of benzene rings is 1. The van der Waals surface area contributed by atoms with Crippen LogP contribution in [0.1, 0.15) is 16.1 Å². The van der Waals surface area contributed by atoms with Gasteiger partial charge in [0.1, 0.15) is 11.4 Å². The number of methoxy groups -OCH3 is 1. The summed E-state index contributed by atoms with van der Waals surface area (Å²) in [5.74, 6) is 0.455. The second-order valence-electron chi connectivity index (χ2n) is 3.96. The summed E-state index contributed by atoms with van der Waals surface area (Å²) in [6, 6.07) is 11.9. The first-order chi connectivity index (χ1) is 9.19. The molecule has 5 heteroatoms. The molecule has 0 aliphatic carbocycles. The summed E-state index contributed by atoms with van der Waals surface area (Å²) in [5, 5.41) is 2.73. The van der Waals surface area contributed by atoms with E-state index in [1.165, 1.54) is 6.07 Å². The van der Waals surface area contributed by atoms with Crippen molar-refractivity contribution in [2.45, 2.75) is 6.54 Å². The van der Waals surface area contributed by atoms with Crippen molar-refractivity contribution >= 4 is 5.91 Å². The third-order valence-corrected chi connectivity index (χ3v) is 2.63. The maximum Gasteiger partial charge on any atom is 0.268 e. The van der Waals surface area contributed by atoms with Crippen LogP contribution in [0.5, 0.6) is 5.75 Å². The molecule has 98 valence electrons. The van der Waals surface area contributed by atoms with E-state index in [2.05, 4.69) is 10.3 Å². The number of amides is 1. The van der Waals surface area contributed by atoms with Crippen molar-refractivity contribution in [1.29, 1.82) is 0 Å². The van der Waals surface area contributed by atoms with Gasteiger partial charge in [0.25, 0.3) is 5.91 Å². The standard InChI is InChI=1S/C14H14N2O3/c1-19-11-7-5-10(6-8-11)9-15-14(18)12-3-2-4-13(17)16-12/h2-8H,9H2,1H3,(H,15,18)(H,16,17). The van der Waals surface area contributed by atoms with Crippen LogP contribution in [0.4, 0.5) is 0 Å². The van der Waals surface area contributed by atoms with Crippen LogP contribution in [-0.2, 0) is 6.54 Å². The van der Waals surface area contributed by atoms with E-state index in [9.17, 15) is 9.59 Å². The highest BCUT2D eigenvalue weighted by atomic mass is 16.5. The van der Waals surface area contributed by atoms with Crippen LogP contribution >= 0.6 is 0 Å². The van der Waals surface area contributed by atoms with Crippen LogP contribution in [0.15, 0.2) is 47.3 Å². The van der Waals surface area contributed by atoms with E-state index in [-0.39, 0.29) is 17.2 Å². The summed E-state index contributed by atoms with van der Waals surface area (Å²) in [6.45, 7) is 0.389. The Morgan fingerprint density at radius 2 is 1.95 bits per heavy atom. The minimum atomic E-state index is -0.312. The molecule has 2 aromatic rings. The van der Waals surface area contributed by atoms with Crippen molar-refractivity contribution in [1.82, 2.24) is 10.3 Å². The molecule has 0 bridgehead atoms. The van der Waals surface area contributed by atoms with Crippen LogP contribution in [-0.4, -0.2) is 18.0 Å². The fourth-order valence-corrected chi connectivity index (χ4v) is 1.60. The van der Waals surface area contributed by atoms with Gasteiger partial charge in [-0.05, 0) is 23.8 Å². The molecule has 0 atom stereocenters. The van der Waals surface area contributed by atoms with E-state index in [0.717, 1.165) is 11.3 Å². The first kappa shape index (κ1) is 12.9. The first-order valence-electron chi connectivity index (χ1n) is 5.79. The average molecular weight is 258 g/mol. The molecule has 0 saturated heterocycles. The smallest absolute Gasteiger partial charge is 0.268 e. The molecule has 0 aliphatic rings. The zero-order valence-electron chi connectivity index (χ0n) is 10.5. The predicted molar refractivity (Wildman–Crippen MR) is 71.2 cm³/mol. The molecular formula is C14H14N2O3. The van der Waals surface area contributed by atoms with Gasteiger partial charge in [0.15, 0.2) is 0 Å². The molecule has 2 N–H and O–H groups in total. The number of aromatic amines is 1. The Morgan fingerprint density at radius 3 is 2.58 bits per heavy atom. The van der Waals surface area contributed by atoms with E-state index in [1.54, 1.807) is 19.2 Å². The SMILES string of the molecule is COc1ccc(CNC(=O)c2cccc(=O)[nH]2)cc1. The number of hydrogen-bond acceptors (Lipinski definition) is 3. The van der Waals surface area contributed by atoms with Gasteiger partial charge in [0.05, 0.1) is 7.11 Å². The molecule has 0 fully saturated rings. The highest BCUT2D eigenvalue weighted by Gasteiger charge is 2.05. The fourth-order valence-electron chi connectivity index (χ4n) is 1.60. The summed E-state index contributed by atoms with van der Waals surface area (Å²) in [5.41, 5.74) is 0.908. The quantitative estimate of drug-likeness (QED) is 0.868. The molecule has 1 amide bonds. The molecule has 0 spiro atoms. The van der Waals surface area contributed by atoms with Crippen LogP contribution in [0.25, 0.3) is 0 Å². The summed E-state index contributed by atoms with van der Waals surface area (Å²) in [7, 11) is 1.60. The van der Waals surface area contributed by atoms with Crippen molar-refractivity contribution in [3.8, 4) is 5.75 Å². The number of hydrogen-bond donors (Lipinski definition) is 2. The van der Waals surface area contributed by atoms with E-state index in [1.807, 2.05) is 24.3 Å². The molecule has 1 heterocycles. The third-order valence-electron chi connectivity index (χ3n) is 2.63. The molecule has 5 nitrogen and oxygen atoms in total. The topological polar surface area (TPSA) is 71.2 Å². The lowest BCUT2D eigenvalue weighted by Crippen LogP contribution is -2.25. The normalized spacial score (nSPS) is 9.95. The van der Waals surface area contributed by atoms with Crippen LogP contribution < -0.4 is 15.6 Å². The number of H-pyrrole nitrogens is 1. The molecule has 2 rings (SSSR count). The summed E-state index contributed by atoms with van der Waals surface area (Å²) in [4.78, 5) is 25.4. The molecular weight excluding hydrogens is 244 g/mol. The molecule has 0 radical (unpaired) electrons. The maximum atomic E-state index is 11.8. The van der Waals surface area contributed by atoms with E-state index >= 15 is 0 Å². The lowest BCUT2D eigenvalue weighted by Gasteiger charge is -2.06. The van der Waals surface area contributed by atoms with E-state index < -0.39 is 0 Å². The molecule has 1 aromatic carbocycles. The van der Waals surface area contributed by atoms with Gasteiger partial charge >= 0.3 is 0 Å². The summed E-state index contributed by atoms with van der Waals surface area (Å²) >= 11 is 0. The zero-order valence-corrected chi connectivity index (χ0v) is 10.5. The Balaban J connectivity index is 1.98. The minimum Gasteiger partial charge on any atom is -0.497 e. The number of rotatable bonds is 4. The number of nitrogens with one attached hydrogen (secondary N) is 2. The number of carbonyl (C=O) groups is 1. The summed E-state index contributed by atoms with van der Waals surface area (Å²) < 4.78 is 5.05. The van der Waals surface area contributed by atoms with Crippen molar-refractivity contribution in [2.24, 2.45) is 0 Å². The molecule has 19 heavy (non-hydrogen) atoms. The number of ether oxygens (including phenoxy) is 1. The van der Waals surface area contributed by atoms with Crippen molar-refractivity contribution < 1.29 is 9.53 Å². The largest absolute Gasteiger partial charge is 0.497 e. The first-order valence-corrected chi connectivity index (χ1v) is 5.79. The minimum absolute atomic E-state index is 0.251. The number of aromatic nitrogens is 1. The van der Waals surface area contributed by atoms with Gasteiger partial charge in [-0.25, -0.2) is 0 Å². The van der Waals surface area contributed by atoms with Crippen molar-refractivity contribution in [3.63, 3.8) is 0 Å². The molecule has 0 aliphatic heterocycles. The van der Waals surface area contributed by atoms with E-state index in [0.29, 0.717) is 6.54 Å². The van der Waals surface area contributed by atoms with Gasteiger partial charge in [-0.1, -0.05) is 18.2 Å². The highest BCUT2D eigenvalue weighted by Crippen LogP contribution is 2.10. The van der Waals surface area contributed by atoms with Gasteiger partial charge < -0.3 is 15.0 Å². The van der Waals surface area contributed by atoms with Gasteiger partial charge in [-0.3, -0.25) is 9.59 Å². The monoisotopic (exact) mass is 258 g/mol. The Bertz CT molecular complexity index is 617. The van der Waals surface area contributed by atoms with Crippen LogP contribution in [0.2, 0.25) is 0 Å². The van der Waals surface area contributed by atoms with Gasteiger partial charge in [0.2, 0.25) is 5.56 Å². The Hall–Kier alpha value is -2.56. The van der Waals surface area contributed by atoms with Crippen molar-refractivity contribution in [2.75, 3.05) is 7.11 Å². The number of carbonyl (C=O) groups excluding carboxylic acids is 1. The van der Waals surface area contributed by atoms with Gasteiger partial charge in [-0.15, -0.1) is 0 Å². The molecule has 0 saturated carbocycles. The molecule has 1 aromatic heterocycles. The lowest BCUT2D eigenvalue weighted by molar-refractivity contribution is 0.0945. The second-order valence-corrected chi connectivity index (χ2v) is 3.96. The second kappa shape index (κ2) is 5.86. The third kappa shape index (κ3) is 3.45. The average Bonchev–Trinajstić information content (AvgIpc) is 2.45. The zero-order chi connectivity index (χ0) is 13.7. The predicted octanol–water partition coefficient (Wildman–Crippen LogP) is 1.31.